The Morgan fingerprint density at radius 3 is 2.33 bits per heavy atom. The predicted octanol–water partition coefficient (Wildman–Crippen LogP) is 4.50. The standard InChI is InChI=1S/C20H22N2O3S2/c1-12(2)26-14-8-6-13(7-9-14)19(23)21-20-22(3)15-10-16(24-4)17(25-5)11-18(15)27-20/h6-12H,1-5H3. The Labute approximate surface area is 166 Å². The Morgan fingerprint density at radius 1 is 1.11 bits per heavy atom. The molecule has 2 aromatic carbocycles. The molecule has 0 spiro atoms. The molecule has 3 aromatic rings. The van der Waals surface area contributed by atoms with Crippen molar-refractivity contribution in [1.82, 2.24) is 4.57 Å². The van der Waals surface area contributed by atoms with Crippen molar-refractivity contribution in [2.75, 3.05) is 14.2 Å². The van der Waals surface area contributed by atoms with E-state index in [1.165, 1.54) is 11.3 Å². The highest BCUT2D eigenvalue weighted by molar-refractivity contribution is 7.99. The van der Waals surface area contributed by atoms with Gasteiger partial charge in [0, 0.05) is 34.9 Å². The van der Waals surface area contributed by atoms with E-state index in [1.807, 2.05) is 48.0 Å². The number of aryl methyl sites for hydroxylation is 1. The predicted molar refractivity (Wildman–Crippen MR) is 111 cm³/mol. The average molecular weight is 403 g/mol. The summed E-state index contributed by atoms with van der Waals surface area (Å²) in [6.45, 7) is 4.29. The Morgan fingerprint density at radius 2 is 1.74 bits per heavy atom. The van der Waals surface area contributed by atoms with E-state index in [4.69, 9.17) is 9.47 Å². The van der Waals surface area contributed by atoms with E-state index in [2.05, 4.69) is 18.8 Å². The number of nitrogens with zero attached hydrogens (tertiary/aromatic N) is 2. The second-order valence-electron chi connectivity index (χ2n) is 6.23. The molecular weight excluding hydrogens is 380 g/mol. The number of hydrogen-bond donors (Lipinski definition) is 0. The summed E-state index contributed by atoms with van der Waals surface area (Å²) in [7, 11) is 5.10. The summed E-state index contributed by atoms with van der Waals surface area (Å²) in [4.78, 5) is 18.7. The molecule has 0 aliphatic rings. The van der Waals surface area contributed by atoms with E-state index in [9.17, 15) is 4.79 Å². The van der Waals surface area contributed by atoms with E-state index in [-0.39, 0.29) is 5.91 Å². The molecule has 0 saturated heterocycles. The molecule has 0 aliphatic heterocycles. The molecule has 0 radical (unpaired) electrons. The molecule has 1 amide bonds. The van der Waals surface area contributed by atoms with Crippen LogP contribution >= 0.6 is 23.1 Å². The Bertz CT molecular complexity index is 1030. The molecule has 0 fully saturated rings. The summed E-state index contributed by atoms with van der Waals surface area (Å²) < 4.78 is 13.6. The third-order valence-corrected chi connectivity index (χ3v) is 6.10. The van der Waals surface area contributed by atoms with Gasteiger partial charge in [-0.3, -0.25) is 4.79 Å². The largest absolute Gasteiger partial charge is 0.493 e. The summed E-state index contributed by atoms with van der Waals surface area (Å²) in [6, 6.07) is 11.4. The van der Waals surface area contributed by atoms with Gasteiger partial charge in [-0.05, 0) is 24.3 Å². The number of hydrogen-bond acceptors (Lipinski definition) is 5. The number of carbonyl (C=O) groups is 1. The lowest BCUT2D eigenvalue weighted by atomic mass is 10.2. The minimum Gasteiger partial charge on any atom is -0.493 e. The minimum atomic E-state index is -0.253. The number of thioether (sulfide) groups is 1. The molecule has 27 heavy (non-hydrogen) atoms. The van der Waals surface area contributed by atoms with Crippen molar-refractivity contribution in [2.24, 2.45) is 12.0 Å². The molecule has 5 nitrogen and oxygen atoms in total. The van der Waals surface area contributed by atoms with E-state index >= 15 is 0 Å². The van der Waals surface area contributed by atoms with E-state index in [0.717, 1.165) is 15.1 Å². The number of amides is 1. The van der Waals surface area contributed by atoms with Gasteiger partial charge in [0.15, 0.2) is 16.3 Å². The van der Waals surface area contributed by atoms with Crippen molar-refractivity contribution in [3.63, 3.8) is 0 Å². The summed E-state index contributed by atoms with van der Waals surface area (Å²) >= 11 is 3.21. The van der Waals surface area contributed by atoms with Crippen LogP contribution in [-0.2, 0) is 7.05 Å². The van der Waals surface area contributed by atoms with Crippen molar-refractivity contribution in [3.05, 3.63) is 46.8 Å². The van der Waals surface area contributed by atoms with Gasteiger partial charge in [0.2, 0.25) is 0 Å². The van der Waals surface area contributed by atoms with Gasteiger partial charge in [-0.2, -0.15) is 4.99 Å². The quantitative estimate of drug-likeness (QED) is 0.590. The lowest BCUT2D eigenvalue weighted by Crippen LogP contribution is -2.13. The van der Waals surface area contributed by atoms with Crippen LogP contribution in [0.15, 0.2) is 46.3 Å². The molecule has 0 atom stereocenters. The smallest absolute Gasteiger partial charge is 0.279 e. The first kappa shape index (κ1) is 19.5. The topological polar surface area (TPSA) is 52.8 Å². The SMILES string of the molecule is COc1cc2sc(=NC(=O)c3ccc(SC(C)C)cc3)n(C)c2cc1OC. The van der Waals surface area contributed by atoms with Gasteiger partial charge in [-0.25, -0.2) is 0 Å². The highest BCUT2D eigenvalue weighted by atomic mass is 32.2. The zero-order valence-electron chi connectivity index (χ0n) is 16.0. The fourth-order valence-corrected chi connectivity index (χ4v) is 4.53. The highest BCUT2D eigenvalue weighted by Crippen LogP contribution is 2.33. The van der Waals surface area contributed by atoms with Crippen LogP contribution in [0.4, 0.5) is 0 Å². The first-order valence-electron chi connectivity index (χ1n) is 8.50. The zero-order chi connectivity index (χ0) is 19.6. The molecule has 142 valence electrons. The maximum atomic E-state index is 12.6. The van der Waals surface area contributed by atoms with Crippen LogP contribution in [0.2, 0.25) is 0 Å². The van der Waals surface area contributed by atoms with Crippen LogP contribution in [0.3, 0.4) is 0 Å². The van der Waals surface area contributed by atoms with Crippen molar-refractivity contribution in [2.45, 2.75) is 24.0 Å². The fraction of sp³-hybridized carbons (Fsp3) is 0.300. The van der Waals surface area contributed by atoms with Gasteiger partial charge in [0.05, 0.1) is 24.4 Å². The van der Waals surface area contributed by atoms with Gasteiger partial charge in [0.25, 0.3) is 5.91 Å². The molecule has 0 saturated carbocycles. The van der Waals surface area contributed by atoms with Crippen LogP contribution < -0.4 is 14.3 Å². The molecule has 0 bridgehead atoms. The van der Waals surface area contributed by atoms with Crippen molar-refractivity contribution in [3.8, 4) is 11.5 Å². The van der Waals surface area contributed by atoms with Crippen LogP contribution in [0.5, 0.6) is 11.5 Å². The lowest BCUT2D eigenvalue weighted by Gasteiger charge is -2.07. The summed E-state index contributed by atoms with van der Waals surface area (Å²) in [5.74, 6) is 1.05. The average Bonchev–Trinajstić information content (AvgIpc) is 2.95. The second kappa shape index (κ2) is 8.19. The van der Waals surface area contributed by atoms with Gasteiger partial charge in [-0.1, -0.05) is 25.2 Å². The number of benzene rings is 2. The van der Waals surface area contributed by atoms with Gasteiger partial charge in [-0.15, -0.1) is 11.8 Å². The van der Waals surface area contributed by atoms with E-state index in [1.54, 1.807) is 26.0 Å². The van der Waals surface area contributed by atoms with Crippen LogP contribution in [-0.4, -0.2) is 29.9 Å². The number of aromatic nitrogens is 1. The number of ether oxygens (including phenoxy) is 2. The molecule has 0 aliphatic carbocycles. The monoisotopic (exact) mass is 402 g/mol. The molecule has 1 heterocycles. The molecule has 0 N–H and O–H groups in total. The number of thiazole rings is 1. The van der Waals surface area contributed by atoms with Gasteiger partial charge >= 0.3 is 0 Å². The van der Waals surface area contributed by atoms with Crippen LogP contribution in [0, 0.1) is 0 Å². The Balaban J connectivity index is 1.97. The summed E-state index contributed by atoms with van der Waals surface area (Å²) in [5.41, 5.74) is 1.52. The molecular formula is C20H22N2O3S2. The molecule has 3 rings (SSSR count). The normalized spacial score (nSPS) is 12.0. The number of methoxy groups -OCH3 is 2. The van der Waals surface area contributed by atoms with E-state index < -0.39 is 0 Å². The zero-order valence-corrected chi connectivity index (χ0v) is 17.6. The van der Waals surface area contributed by atoms with Gasteiger partial charge < -0.3 is 14.0 Å². The minimum absolute atomic E-state index is 0.253. The number of rotatable bonds is 5. The van der Waals surface area contributed by atoms with Crippen molar-refractivity contribution < 1.29 is 14.3 Å². The van der Waals surface area contributed by atoms with Crippen molar-refractivity contribution in [1.29, 1.82) is 0 Å². The maximum Gasteiger partial charge on any atom is 0.279 e. The molecule has 7 heteroatoms. The maximum absolute atomic E-state index is 12.6. The highest BCUT2D eigenvalue weighted by Gasteiger charge is 2.12. The van der Waals surface area contributed by atoms with Crippen LogP contribution in [0.1, 0.15) is 24.2 Å². The lowest BCUT2D eigenvalue weighted by molar-refractivity contribution is 0.0998. The summed E-state index contributed by atoms with van der Waals surface area (Å²) in [5, 5.41) is 0.503. The first-order valence-corrected chi connectivity index (χ1v) is 10.2. The van der Waals surface area contributed by atoms with Gasteiger partial charge in [0.1, 0.15) is 0 Å². The number of fused-ring (bicyclic) bond motifs is 1. The summed E-state index contributed by atoms with van der Waals surface area (Å²) in [6.07, 6.45) is 0. The third-order valence-electron chi connectivity index (χ3n) is 3.98. The fourth-order valence-electron chi connectivity index (χ4n) is 2.66. The molecule has 1 aromatic heterocycles. The third kappa shape index (κ3) is 4.20. The second-order valence-corrected chi connectivity index (χ2v) is 8.89. The first-order chi connectivity index (χ1) is 12.9. The van der Waals surface area contributed by atoms with Crippen molar-refractivity contribution >= 4 is 39.2 Å². The van der Waals surface area contributed by atoms with Crippen LogP contribution in [0.25, 0.3) is 10.2 Å². The Hall–Kier alpha value is -2.25. The Kier molecular flexibility index (Phi) is 5.92. The van der Waals surface area contributed by atoms with E-state index in [0.29, 0.717) is 27.1 Å². The molecule has 0 unspecified atom stereocenters. The number of carbonyl (C=O) groups excluding carboxylic acids is 1.